The van der Waals surface area contributed by atoms with Crippen LogP contribution < -0.4 is 10.2 Å². The first-order chi connectivity index (χ1) is 13.2. The van der Waals surface area contributed by atoms with E-state index in [0.717, 1.165) is 29.9 Å². The molecule has 4 rings (SSSR count). The minimum absolute atomic E-state index is 0.131. The average molecular weight is 370 g/mol. The van der Waals surface area contributed by atoms with Crippen molar-refractivity contribution < 1.29 is 18.8 Å². The molecule has 2 aliphatic rings. The third kappa shape index (κ3) is 3.65. The maximum Gasteiger partial charge on any atom is 0.322 e. The van der Waals surface area contributed by atoms with Crippen molar-refractivity contribution in [2.24, 2.45) is 0 Å². The van der Waals surface area contributed by atoms with E-state index >= 15 is 0 Å². The van der Waals surface area contributed by atoms with Gasteiger partial charge < -0.3 is 14.6 Å². The first-order valence-electron chi connectivity index (χ1n) is 9.31. The van der Waals surface area contributed by atoms with Gasteiger partial charge in [-0.1, -0.05) is 23.4 Å². The van der Waals surface area contributed by atoms with Gasteiger partial charge in [0.05, 0.1) is 13.0 Å². The molecule has 142 valence electrons. The van der Waals surface area contributed by atoms with E-state index in [9.17, 15) is 9.59 Å². The second-order valence-corrected chi connectivity index (χ2v) is 6.77. The van der Waals surface area contributed by atoms with Crippen molar-refractivity contribution in [3.05, 3.63) is 41.5 Å². The molecule has 2 amide bonds. The van der Waals surface area contributed by atoms with Gasteiger partial charge in [-0.3, -0.25) is 9.69 Å². The summed E-state index contributed by atoms with van der Waals surface area (Å²) in [6.45, 7) is 2.29. The fraction of sp³-hybridized carbons (Fsp3) is 0.474. The number of benzene rings is 1. The number of ether oxygens (including phenoxy) is 1. The van der Waals surface area contributed by atoms with Gasteiger partial charge in [-0.2, -0.15) is 4.98 Å². The third-order valence-electron chi connectivity index (χ3n) is 4.79. The van der Waals surface area contributed by atoms with E-state index in [2.05, 4.69) is 15.5 Å². The van der Waals surface area contributed by atoms with Crippen molar-refractivity contribution in [1.82, 2.24) is 15.5 Å². The molecular formula is C19H22N4O4. The normalized spacial score (nSPS) is 18.3. The van der Waals surface area contributed by atoms with Crippen LogP contribution in [0, 0.1) is 0 Å². The van der Waals surface area contributed by atoms with Gasteiger partial charge in [0.25, 0.3) is 0 Å². The van der Waals surface area contributed by atoms with E-state index in [0.29, 0.717) is 24.8 Å². The molecule has 8 heteroatoms. The Morgan fingerprint density at radius 3 is 2.93 bits per heavy atom. The van der Waals surface area contributed by atoms with Gasteiger partial charge in [0.1, 0.15) is 6.04 Å². The lowest BCUT2D eigenvalue weighted by molar-refractivity contribution is -0.142. The van der Waals surface area contributed by atoms with Gasteiger partial charge in [-0.25, -0.2) is 4.79 Å². The van der Waals surface area contributed by atoms with Crippen LogP contribution in [-0.2, 0) is 16.0 Å². The summed E-state index contributed by atoms with van der Waals surface area (Å²) >= 11 is 0. The van der Waals surface area contributed by atoms with E-state index in [1.807, 2.05) is 24.3 Å². The van der Waals surface area contributed by atoms with Crippen LogP contribution in [-0.4, -0.2) is 35.3 Å². The Morgan fingerprint density at radius 1 is 1.33 bits per heavy atom. The first kappa shape index (κ1) is 17.5. The maximum atomic E-state index is 12.9. The zero-order valence-electron chi connectivity index (χ0n) is 15.2. The molecule has 1 unspecified atom stereocenters. The summed E-state index contributed by atoms with van der Waals surface area (Å²) in [6, 6.07) is 7.10. The molecule has 1 fully saturated rings. The van der Waals surface area contributed by atoms with Crippen molar-refractivity contribution in [2.45, 2.75) is 44.6 Å². The largest absolute Gasteiger partial charge is 0.466 e. The molecule has 1 atom stereocenters. The number of amides is 2. The van der Waals surface area contributed by atoms with E-state index in [1.165, 1.54) is 0 Å². The highest BCUT2D eigenvalue weighted by Crippen LogP contribution is 2.42. The Labute approximate surface area is 156 Å². The highest BCUT2D eigenvalue weighted by Gasteiger charge is 2.39. The van der Waals surface area contributed by atoms with Crippen molar-refractivity contribution in [3.8, 4) is 0 Å². The van der Waals surface area contributed by atoms with E-state index in [1.54, 1.807) is 11.8 Å². The number of nitrogens with zero attached hydrogens (tertiary/aromatic N) is 3. The first-order valence-corrected chi connectivity index (χ1v) is 9.31. The number of urea groups is 1. The standard InChI is InChI=1S/C19H22N4O4/c1-2-26-16(24)9-10-20-19(25)23-14-6-4-3-5-13(14)11-15(23)18-21-17(22-27-18)12-7-8-12/h3-6,12,15H,2,7-11H2,1H3,(H,20,25). The summed E-state index contributed by atoms with van der Waals surface area (Å²) in [5.41, 5.74) is 1.87. The van der Waals surface area contributed by atoms with E-state index in [-0.39, 0.29) is 31.0 Å². The van der Waals surface area contributed by atoms with Gasteiger partial charge in [-0.15, -0.1) is 0 Å². The number of carbonyl (C=O) groups excluding carboxylic acids is 2. The number of rotatable bonds is 6. The number of nitrogens with one attached hydrogen (secondary N) is 1. The summed E-state index contributed by atoms with van der Waals surface area (Å²) in [4.78, 5) is 30.5. The lowest BCUT2D eigenvalue weighted by Crippen LogP contribution is -2.41. The Hall–Kier alpha value is -2.90. The molecule has 0 saturated heterocycles. The molecule has 8 nitrogen and oxygen atoms in total. The number of hydrogen-bond acceptors (Lipinski definition) is 6. The highest BCUT2D eigenvalue weighted by molar-refractivity contribution is 5.95. The zero-order valence-corrected chi connectivity index (χ0v) is 15.2. The molecule has 0 bridgehead atoms. The van der Waals surface area contributed by atoms with Crippen molar-refractivity contribution in [2.75, 3.05) is 18.1 Å². The number of aromatic nitrogens is 2. The zero-order chi connectivity index (χ0) is 18.8. The lowest BCUT2D eigenvalue weighted by Gasteiger charge is -2.23. The van der Waals surface area contributed by atoms with Crippen LogP contribution in [0.15, 0.2) is 28.8 Å². The van der Waals surface area contributed by atoms with Crippen LogP contribution in [0.25, 0.3) is 0 Å². The average Bonchev–Trinajstić information content (AvgIpc) is 3.26. The predicted octanol–water partition coefficient (Wildman–Crippen LogP) is 2.71. The smallest absolute Gasteiger partial charge is 0.322 e. The second-order valence-electron chi connectivity index (χ2n) is 6.77. The highest BCUT2D eigenvalue weighted by atomic mass is 16.5. The van der Waals surface area contributed by atoms with Crippen LogP contribution in [0.4, 0.5) is 10.5 Å². The molecule has 1 aliphatic carbocycles. The topological polar surface area (TPSA) is 97.6 Å². The molecule has 2 aromatic rings. The van der Waals surface area contributed by atoms with Crippen molar-refractivity contribution in [1.29, 1.82) is 0 Å². The third-order valence-corrected chi connectivity index (χ3v) is 4.79. The monoisotopic (exact) mass is 370 g/mol. The van der Waals surface area contributed by atoms with Crippen LogP contribution in [0.5, 0.6) is 0 Å². The number of anilines is 1. The minimum atomic E-state index is -0.343. The summed E-state index contributed by atoms with van der Waals surface area (Å²) < 4.78 is 10.4. The fourth-order valence-corrected chi connectivity index (χ4v) is 3.31. The quantitative estimate of drug-likeness (QED) is 0.785. The SMILES string of the molecule is CCOC(=O)CCNC(=O)N1c2ccccc2CC1c1nc(C2CC2)no1. The molecule has 0 radical (unpaired) electrons. The van der Waals surface area contributed by atoms with Crippen molar-refractivity contribution >= 4 is 17.7 Å². The van der Waals surface area contributed by atoms with Gasteiger partial charge in [-0.05, 0) is 31.4 Å². The molecule has 27 heavy (non-hydrogen) atoms. The lowest BCUT2D eigenvalue weighted by atomic mass is 10.1. The molecule has 1 aromatic carbocycles. The molecule has 1 N–H and O–H groups in total. The number of fused-ring (bicyclic) bond motifs is 1. The molecule has 1 aliphatic heterocycles. The molecular weight excluding hydrogens is 348 g/mol. The van der Waals surface area contributed by atoms with Crippen LogP contribution in [0.3, 0.4) is 0 Å². The van der Waals surface area contributed by atoms with Crippen molar-refractivity contribution in [3.63, 3.8) is 0 Å². The number of esters is 1. The van der Waals surface area contributed by atoms with Crippen LogP contribution in [0.2, 0.25) is 0 Å². The van der Waals surface area contributed by atoms with Gasteiger partial charge in [0.15, 0.2) is 5.82 Å². The number of carbonyl (C=O) groups is 2. The molecule has 0 spiro atoms. The minimum Gasteiger partial charge on any atom is -0.466 e. The summed E-state index contributed by atoms with van der Waals surface area (Å²) in [5.74, 6) is 1.23. The molecule has 2 heterocycles. The second kappa shape index (κ2) is 7.38. The molecule has 1 saturated carbocycles. The van der Waals surface area contributed by atoms with Gasteiger partial charge >= 0.3 is 12.0 Å². The van der Waals surface area contributed by atoms with Crippen LogP contribution in [0.1, 0.15) is 55.4 Å². The van der Waals surface area contributed by atoms with Gasteiger partial charge in [0.2, 0.25) is 5.89 Å². The Morgan fingerprint density at radius 2 is 2.15 bits per heavy atom. The van der Waals surface area contributed by atoms with E-state index in [4.69, 9.17) is 9.26 Å². The number of para-hydroxylation sites is 1. The summed E-state index contributed by atoms with van der Waals surface area (Å²) in [5, 5.41) is 6.87. The van der Waals surface area contributed by atoms with Gasteiger partial charge in [0, 0.05) is 24.6 Å². The van der Waals surface area contributed by atoms with E-state index < -0.39 is 0 Å². The molecule has 1 aromatic heterocycles. The summed E-state index contributed by atoms with van der Waals surface area (Å²) in [6.07, 6.45) is 2.92. The number of hydrogen-bond donors (Lipinski definition) is 1. The Balaban J connectivity index is 1.50. The Kier molecular flexibility index (Phi) is 4.79. The Bertz CT molecular complexity index is 846. The predicted molar refractivity (Wildman–Crippen MR) is 96.3 cm³/mol. The summed E-state index contributed by atoms with van der Waals surface area (Å²) in [7, 11) is 0. The fourth-order valence-electron chi connectivity index (χ4n) is 3.31. The van der Waals surface area contributed by atoms with Crippen LogP contribution >= 0.6 is 0 Å². The maximum absolute atomic E-state index is 12.9.